The first-order chi connectivity index (χ1) is 10.2. The molecule has 0 aromatic rings. The molecule has 1 unspecified atom stereocenters. The molecule has 1 fully saturated rings. The van der Waals surface area contributed by atoms with Crippen LogP contribution in [0.15, 0.2) is 4.99 Å². The summed E-state index contributed by atoms with van der Waals surface area (Å²) in [5.41, 5.74) is 0. The van der Waals surface area contributed by atoms with E-state index in [1.807, 2.05) is 7.05 Å². The minimum Gasteiger partial charge on any atom is -0.384 e. The highest BCUT2D eigenvalue weighted by Gasteiger charge is 2.24. The van der Waals surface area contributed by atoms with Crippen molar-refractivity contribution in [2.24, 2.45) is 16.8 Å². The highest BCUT2D eigenvalue weighted by Crippen LogP contribution is 2.16. The van der Waals surface area contributed by atoms with E-state index in [4.69, 9.17) is 4.74 Å². The number of aliphatic imine (C=N–C) groups is 1. The molecule has 0 amide bonds. The summed E-state index contributed by atoms with van der Waals surface area (Å²) in [6.45, 7) is 8.68. The molecule has 1 atom stereocenters. The Morgan fingerprint density at radius 2 is 2.05 bits per heavy atom. The molecule has 0 radical (unpaired) electrons. The zero-order valence-corrected chi connectivity index (χ0v) is 14.5. The van der Waals surface area contributed by atoms with E-state index in [1.165, 1.54) is 38.5 Å². The van der Waals surface area contributed by atoms with Crippen LogP contribution in [0.25, 0.3) is 0 Å². The van der Waals surface area contributed by atoms with Crippen molar-refractivity contribution in [1.82, 2.24) is 10.2 Å². The summed E-state index contributed by atoms with van der Waals surface area (Å²) in [4.78, 5) is 6.78. The van der Waals surface area contributed by atoms with Crippen LogP contribution in [-0.4, -0.2) is 51.3 Å². The van der Waals surface area contributed by atoms with Gasteiger partial charge in [0.1, 0.15) is 0 Å². The summed E-state index contributed by atoms with van der Waals surface area (Å²) in [5, 5.41) is 3.51. The van der Waals surface area contributed by atoms with Crippen molar-refractivity contribution in [3.63, 3.8) is 0 Å². The van der Waals surface area contributed by atoms with Gasteiger partial charge >= 0.3 is 0 Å². The molecule has 0 aliphatic carbocycles. The van der Waals surface area contributed by atoms with Gasteiger partial charge in [-0.1, -0.05) is 39.5 Å². The predicted octanol–water partition coefficient (Wildman–Crippen LogP) is 3.14. The minimum atomic E-state index is 0.657. The summed E-state index contributed by atoms with van der Waals surface area (Å²) in [6.07, 6.45) is 7.87. The van der Waals surface area contributed by atoms with E-state index in [0.717, 1.165) is 38.1 Å². The molecule has 1 saturated heterocycles. The van der Waals surface area contributed by atoms with Crippen molar-refractivity contribution in [3.8, 4) is 0 Å². The van der Waals surface area contributed by atoms with Gasteiger partial charge in [0.25, 0.3) is 0 Å². The fourth-order valence-electron chi connectivity index (χ4n) is 2.96. The van der Waals surface area contributed by atoms with Gasteiger partial charge < -0.3 is 15.0 Å². The third kappa shape index (κ3) is 7.70. The van der Waals surface area contributed by atoms with E-state index >= 15 is 0 Å². The van der Waals surface area contributed by atoms with E-state index in [2.05, 4.69) is 29.1 Å². The predicted molar refractivity (Wildman–Crippen MR) is 90.8 cm³/mol. The lowest BCUT2D eigenvalue weighted by atomic mass is 10.0. The van der Waals surface area contributed by atoms with Gasteiger partial charge in [0.15, 0.2) is 5.96 Å². The van der Waals surface area contributed by atoms with Crippen molar-refractivity contribution >= 4 is 5.96 Å². The number of ether oxygens (including phenoxy) is 1. The van der Waals surface area contributed by atoms with Gasteiger partial charge in [0, 0.05) is 39.7 Å². The molecule has 1 heterocycles. The highest BCUT2D eigenvalue weighted by molar-refractivity contribution is 5.80. The number of nitrogens with zero attached hydrogens (tertiary/aromatic N) is 2. The smallest absolute Gasteiger partial charge is 0.193 e. The van der Waals surface area contributed by atoms with Gasteiger partial charge in [-0.15, -0.1) is 0 Å². The Bertz CT molecular complexity index is 292. The van der Waals surface area contributed by atoms with Gasteiger partial charge in [0.2, 0.25) is 0 Å². The standard InChI is InChI=1S/C17H35N3O/c1-15(2)9-7-5-6-8-11-19-17(18-3)20-12-10-16(13-20)14-21-4/h15-16H,5-14H2,1-4H3,(H,18,19). The van der Waals surface area contributed by atoms with Crippen LogP contribution in [0.2, 0.25) is 0 Å². The van der Waals surface area contributed by atoms with Crippen LogP contribution in [0.4, 0.5) is 0 Å². The average Bonchev–Trinajstić information content (AvgIpc) is 2.90. The topological polar surface area (TPSA) is 36.9 Å². The largest absolute Gasteiger partial charge is 0.384 e. The monoisotopic (exact) mass is 297 g/mol. The molecule has 0 aromatic heterocycles. The quantitative estimate of drug-likeness (QED) is 0.403. The van der Waals surface area contributed by atoms with E-state index in [-0.39, 0.29) is 0 Å². The molecule has 1 aliphatic rings. The molecule has 1 rings (SSSR count). The van der Waals surface area contributed by atoms with Gasteiger partial charge in [-0.05, 0) is 18.8 Å². The van der Waals surface area contributed by atoms with E-state index in [1.54, 1.807) is 7.11 Å². The molecule has 4 nitrogen and oxygen atoms in total. The van der Waals surface area contributed by atoms with Crippen LogP contribution >= 0.6 is 0 Å². The van der Waals surface area contributed by atoms with Gasteiger partial charge in [0.05, 0.1) is 6.61 Å². The number of guanidine groups is 1. The lowest BCUT2D eigenvalue weighted by molar-refractivity contribution is 0.157. The molecule has 1 N–H and O–H groups in total. The van der Waals surface area contributed by atoms with Crippen LogP contribution < -0.4 is 5.32 Å². The Kier molecular flexibility index (Phi) is 9.48. The van der Waals surface area contributed by atoms with Crippen LogP contribution in [0.5, 0.6) is 0 Å². The zero-order valence-electron chi connectivity index (χ0n) is 14.5. The molecule has 124 valence electrons. The van der Waals surface area contributed by atoms with Gasteiger partial charge in [-0.25, -0.2) is 0 Å². The molecule has 4 heteroatoms. The van der Waals surface area contributed by atoms with Crippen molar-refractivity contribution in [3.05, 3.63) is 0 Å². The van der Waals surface area contributed by atoms with Crippen molar-refractivity contribution < 1.29 is 4.74 Å². The van der Waals surface area contributed by atoms with Crippen LogP contribution in [0.1, 0.15) is 52.4 Å². The third-order valence-corrected chi connectivity index (χ3v) is 4.19. The first kappa shape index (κ1) is 18.3. The first-order valence-corrected chi connectivity index (χ1v) is 8.62. The van der Waals surface area contributed by atoms with Gasteiger partial charge in [-0.2, -0.15) is 0 Å². The molecular weight excluding hydrogens is 262 g/mol. The molecule has 0 bridgehead atoms. The van der Waals surface area contributed by atoms with Crippen molar-refractivity contribution in [2.75, 3.05) is 40.4 Å². The van der Waals surface area contributed by atoms with Crippen molar-refractivity contribution in [1.29, 1.82) is 0 Å². The van der Waals surface area contributed by atoms with Crippen molar-refractivity contribution in [2.45, 2.75) is 52.4 Å². The van der Waals surface area contributed by atoms with Crippen LogP contribution in [0.3, 0.4) is 0 Å². The lowest BCUT2D eigenvalue weighted by Gasteiger charge is -2.21. The number of hydrogen-bond acceptors (Lipinski definition) is 2. The molecule has 0 aromatic carbocycles. The molecular formula is C17H35N3O. The number of methoxy groups -OCH3 is 1. The number of nitrogens with one attached hydrogen (secondary N) is 1. The normalized spacial score (nSPS) is 19.6. The second-order valence-electron chi connectivity index (χ2n) is 6.63. The highest BCUT2D eigenvalue weighted by atomic mass is 16.5. The van der Waals surface area contributed by atoms with E-state index < -0.39 is 0 Å². The van der Waals surface area contributed by atoms with E-state index in [9.17, 15) is 0 Å². The Morgan fingerprint density at radius 1 is 1.29 bits per heavy atom. The number of hydrogen-bond donors (Lipinski definition) is 1. The minimum absolute atomic E-state index is 0.657. The summed E-state index contributed by atoms with van der Waals surface area (Å²) in [6, 6.07) is 0. The fourth-order valence-corrected chi connectivity index (χ4v) is 2.96. The Hall–Kier alpha value is -0.770. The summed E-state index contributed by atoms with van der Waals surface area (Å²) < 4.78 is 5.25. The number of unbranched alkanes of at least 4 members (excludes halogenated alkanes) is 3. The zero-order chi connectivity index (χ0) is 15.5. The molecule has 21 heavy (non-hydrogen) atoms. The second-order valence-corrected chi connectivity index (χ2v) is 6.63. The molecule has 0 saturated carbocycles. The number of rotatable bonds is 9. The van der Waals surface area contributed by atoms with Crippen LogP contribution in [0, 0.1) is 11.8 Å². The Labute approximate surface area is 131 Å². The Balaban J connectivity index is 2.09. The van der Waals surface area contributed by atoms with Gasteiger partial charge in [-0.3, -0.25) is 4.99 Å². The van der Waals surface area contributed by atoms with Crippen LogP contribution in [-0.2, 0) is 4.74 Å². The molecule has 0 spiro atoms. The average molecular weight is 297 g/mol. The summed E-state index contributed by atoms with van der Waals surface area (Å²) in [5.74, 6) is 2.57. The maximum Gasteiger partial charge on any atom is 0.193 e. The first-order valence-electron chi connectivity index (χ1n) is 8.62. The number of likely N-dealkylation sites (tertiary alicyclic amines) is 1. The maximum absolute atomic E-state index is 5.25. The van der Waals surface area contributed by atoms with E-state index in [0.29, 0.717) is 5.92 Å². The second kappa shape index (κ2) is 10.9. The maximum atomic E-state index is 5.25. The molecule has 1 aliphatic heterocycles. The Morgan fingerprint density at radius 3 is 2.71 bits per heavy atom. The fraction of sp³-hybridized carbons (Fsp3) is 0.941. The third-order valence-electron chi connectivity index (χ3n) is 4.19. The summed E-state index contributed by atoms with van der Waals surface area (Å²) in [7, 11) is 3.67. The summed E-state index contributed by atoms with van der Waals surface area (Å²) >= 11 is 0. The lowest BCUT2D eigenvalue weighted by Crippen LogP contribution is -2.40. The SMILES string of the molecule is CN=C(NCCCCCCC(C)C)N1CCC(COC)C1.